The van der Waals surface area contributed by atoms with Crippen LogP contribution in [0, 0.1) is 12.8 Å². The van der Waals surface area contributed by atoms with Gasteiger partial charge in [0.25, 0.3) is 0 Å². The lowest BCUT2D eigenvalue weighted by Gasteiger charge is -2.25. The van der Waals surface area contributed by atoms with Gasteiger partial charge < -0.3 is 15.2 Å². The van der Waals surface area contributed by atoms with Crippen molar-refractivity contribution in [3.05, 3.63) is 45.5 Å². The second-order valence-electron chi connectivity index (χ2n) is 6.22. The number of aliphatic imine (C=N–C) groups is 1. The Morgan fingerprint density at radius 1 is 1.32 bits per heavy atom. The van der Waals surface area contributed by atoms with E-state index in [1.807, 2.05) is 19.1 Å². The predicted octanol–water partition coefficient (Wildman–Crippen LogP) is 2.82. The maximum Gasteiger partial charge on any atom is 0.191 e. The van der Waals surface area contributed by atoms with E-state index in [0.29, 0.717) is 22.5 Å². The molecule has 8 heteroatoms. The number of benzene rings is 1. The fraction of sp³-hybridized carbons (Fsp3) is 0.471. The molecule has 2 N–H and O–H groups in total. The number of guanidine groups is 1. The summed E-state index contributed by atoms with van der Waals surface area (Å²) in [4.78, 5) is 4.28. The van der Waals surface area contributed by atoms with Crippen molar-refractivity contribution < 1.29 is 0 Å². The van der Waals surface area contributed by atoms with Gasteiger partial charge in [-0.05, 0) is 37.0 Å². The minimum absolute atomic E-state index is 0.528. The summed E-state index contributed by atoms with van der Waals surface area (Å²) in [7, 11) is 1.77. The Morgan fingerprint density at radius 2 is 2.16 bits per heavy atom. The molecule has 2 aromatic rings. The molecule has 2 heterocycles. The Morgan fingerprint density at radius 3 is 2.92 bits per heavy atom. The third-order valence-electron chi connectivity index (χ3n) is 4.47. The molecular weight excluding hydrogens is 359 g/mol. The van der Waals surface area contributed by atoms with Gasteiger partial charge in [-0.1, -0.05) is 29.3 Å². The Kier molecular flexibility index (Phi) is 5.81. The van der Waals surface area contributed by atoms with Crippen LogP contribution in [0.4, 0.5) is 0 Å². The van der Waals surface area contributed by atoms with Crippen molar-refractivity contribution >= 4 is 29.2 Å². The summed E-state index contributed by atoms with van der Waals surface area (Å²) in [6.07, 6.45) is 2.07. The standard InChI is InChI=1S/C17H22Cl2N6/c1-11-23-24-16-6-3-12(10-25(11)16)8-21-17(20-2)22-9-13-4-5-14(18)7-15(13)19/h4-5,7,12H,3,6,8-10H2,1-2H3,(H2,20,21,22). The summed E-state index contributed by atoms with van der Waals surface area (Å²) in [5.74, 6) is 3.37. The van der Waals surface area contributed by atoms with Crippen LogP contribution in [0.3, 0.4) is 0 Å². The highest BCUT2D eigenvalue weighted by atomic mass is 35.5. The summed E-state index contributed by atoms with van der Waals surface area (Å²) in [6.45, 7) is 4.39. The number of fused-ring (bicyclic) bond motifs is 1. The normalized spacial score (nSPS) is 17.3. The summed E-state index contributed by atoms with van der Waals surface area (Å²) in [5, 5.41) is 16.3. The third-order valence-corrected chi connectivity index (χ3v) is 5.06. The van der Waals surface area contributed by atoms with Crippen LogP contribution in [0.25, 0.3) is 0 Å². The third kappa shape index (κ3) is 4.44. The number of halogens is 2. The summed E-state index contributed by atoms with van der Waals surface area (Å²) in [5.41, 5.74) is 0.983. The molecule has 1 aliphatic rings. The van der Waals surface area contributed by atoms with Crippen LogP contribution >= 0.6 is 23.2 Å². The van der Waals surface area contributed by atoms with Crippen molar-refractivity contribution in [2.75, 3.05) is 13.6 Å². The van der Waals surface area contributed by atoms with Crippen LogP contribution in [0.1, 0.15) is 23.6 Å². The van der Waals surface area contributed by atoms with Gasteiger partial charge in [0.15, 0.2) is 5.96 Å². The quantitative estimate of drug-likeness (QED) is 0.631. The second kappa shape index (κ2) is 8.06. The molecule has 25 heavy (non-hydrogen) atoms. The molecule has 0 amide bonds. The van der Waals surface area contributed by atoms with E-state index >= 15 is 0 Å². The van der Waals surface area contributed by atoms with E-state index in [2.05, 4.69) is 30.4 Å². The van der Waals surface area contributed by atoms with Gasteiger partial charge in [0, 0.05) is 43.1 Å². The smallest absolute Gasteiger partial charge is 0.191 e. The monoisotopic (exact) mass is 380 g/mol. The van der Waals surface area contributed by atoms with Crippen molar-refractivity contribution in [1.29, 1.82) is 0 Å². The zero-order chi connectivity index (χ0) is 17.8. The van der Waals surface area contributed by atoms with E-state index in [9.17, 15) is 0 Å². The van der Waals surface area contributed by atoms with Gasteiger partial charge in [0.2, 0.25) is 0 Å². The number of rotatable bonds is 4. The van der Waals surface area contributed by atoms with Crippen LogP contribution in [0.15, 0.2) is 23.2 Å². The molecule has 1 unspecified atom stereocenters. The Labute approximate surface area is 157 Å². The van der Waals surface area contributed by atoms with Gasteiger partial charge >= 0.3 is 0 Å². The Hall–Kier alpha value is -1.79. The number of nitrogens with zero attached hydrogens (tertiary/aromatic N) is 4. The average molecular weight is 381 g/mol. The number of aromatic nitrogens is 3. The summed E-state index contributed by atoms with van der Waals surface area (Å²) >= 11 is 12.1. The molecule has 0 spiro atoms. The average Bonchev–Trinajstić information content (AvgIpc) is 2.97. The van der Waals surface area contributed by atoms with Gasteiger partial charge in [-0.25, -0.2) is 0 Å². The van der Waals surface area contributed by atoms with E-state index in [1.54, 1.807) is 13.1 Å². The molecule has 6 nitrogen and oxygen atoms in total. The lowest BCUT2D eigenvalue weighted by molar-refractivity contribution is 0.358. The number of hydrogen-bond donors (Lipinski definition) is 2. The second-order valence-corrected chi connectivity index (χ2v) is 7.06. The van der Waals surface area contributed by atoms with Crippen LogP contribution in [-0.4, -0.2) is 34.3 Å². The summed E-state index contributed by atoms with van der Waals surface area (Å²) < 4.78 is 2.21. The molecule has 1 aromatic heterocycles. The minimum Gasteiger partial charge on any atom is -0.356 e. The Balaban J connectivity index is 1.51. The fourth-order valence-corrected chi connectivity index (χ4v) is 3.48. The first-order valence-corrected chi connectivity index (χ1v) is 9.09. The molecule has 0 saturated heterocycles. The molecule has 1 atom stereocenters. The van der Waals surface area contributed by atoms with Crippen molar-refractivity contribution in [3.63, 3.8) is 0 Å². The van der Waals surface area contributed by atoms with Crippen molar-refractivity contribution in [2.24, 2.45) is 10.9 Å². The molecule has 0 fully saturated rings. The number of hydrogen-bond acceptors (Lipinski definition) is 3. The highest BCUT2D eigenvalue weighted by molar-refractivity contribution is 6.35. The zero-order valence-corrected chi connectivity index (χ0v) is 15.9. The predicted molar refractivity (Wildman–Crippen MR) is 101 cm³/mol. The largest absolute Gasteiger partial charge is 0.356 e. The van der Waals surface area contributed by atoms with Crippen molar-refractivity contribution in [3.8, 4) is 0 Å². The molecule has 134 valence electrons. The molecular formula is C17H22Cl2N6. The molecule has 1 aromatic carbocycles. The molecule has 3 rings (SSSR count). The van der Waals surface area contributed by atoms with Gasteiger partial charge in [-0.2, -0.15) is 0 Å². The van der Waals surface area contributed by atoms with Crippen LogP contribution in [0.2, 0.25) is 10.0 Å². The number of aryl methyl sites for hydroxylation is 2. The van der Waals surface area contributed by atoms with E-state index < -0.39 is 0 Å². The topological polar surface area (TPSA) is 67.1 Å². The molecule has 0 saturated carbocycles. The highest BCUT2D eigenvalue weighted by Crippen LogP contribution is 2.21. The fourth-order valence-electron chi connectivity index (χ4n) is 3.00. The SMILES string of the molecule is CN=C(NCc1ccc(Cl)cc1Cl)NCC1CCc2nnc(C)n2C1. The maximum atomic E-state index is 6.21. The molecule has 0 radical (unpaired) electrons. The van der Waals surface area contributed by atoms with E-state index in [0.717, 1.165) is 49.1 Å². The molecule has 1 aliphatic heterocycles. The molecule has 0 bridgehead atoms. The van der Waals surface area contributed by atoms with Gasteiger partial charge in [0.05, 0.1) is 0 Å². The first kappa shape index (κ1) is 18.0. The van der Waals surface area contributed by atoms with Gasteiger partial charge in [-0.3, -0.25) is 4.99 Å². The first-order valence-electron chi connectivity index (χ1n) is 8.34. The van der Waals surface area contributed by atoms with Crippen LogP contribution in [-0.2, 0) is 19.5 Å². The van der Waals surface area contributed by atoms with Crippen molar-refractivity contribution in [1.82, 2.24) is 25.4 Å². The van der Waals surface area contributed by atoms with Crippen LogP contribution in [0.5, 0.6) is 0 Å². The van der Waals surface area contributed by atoms with Gasteiger partial charge in [0.1, 0.15) is 11.6 Å². The van der Waals surface area contributed by atoms with Crippen LogP contribution < -0.4 is 10.6 Å². The lowest BCUT2D eigenvalue weighted by Crippen LogP contribution is -2.41. The zero-order valence-electron chi connectivity index (χ0n) is 14.4. The molecule has 0 aliphatic carbocycles. The first-order chi connectivity index (χ1) is 12.1. The summed E-state index contributed by atoms with van der Waals surface area (Å²) in [6, 6.07) is 5.50. The minimum atomic E-state index is 0.528. The lowest BCUT2D eigenvalue weighted by atomic mass is 9.99. The number of nitrogens with one attached hydrogen (secondary N) is 2. The maximum absolute atomic E-state index is 6.21. The van der Waals surface area contributed by atoms with Crippen molar-refractivity contribution in [2.45, 2.75) is 32.9 Å². The highest BCUT2D eigenvalue weighted by Gasteiger charge is 2.21. The van der Waals surface area contributed by atoms with Gasteiger partial charge in [-0.15, -0.1) is 10.2 Å². The van der Waals surface area contributed by atoms with E-state index in [4.69, 9.17) is 23.2 Å². The van der Waals surface area contributed by atoms with E-state index in [-0.39, 0.29) is 0 Å². The Bertz CT molecular complexity index is 770. The van der Waals surface area contributed by atoms with E-state index in [1.165, 1.54) is 0 Å².